The summed E-state index contributed by atoms with van der Waals surface area (Å²) in [5, 5.41) is 6.59. The van der Waals surface area contributed by atoms with E-state index in [-0.39, 0.29) is 17.7 Å². The average Bonchev–Trinajstić information content (AvgIpc) is 2.70. The number of carbonyl (C=O) groups is 2. The van der Waals surface area contributed by atoms with Gasteiger partial charge in [-0.25, -0.2) is 0 Å². The minimum absolute atomic E-state index is 0.00668. The molecule has 2 aromatic carbocycles. The standard InChI is InChI=1S/C21H23Cl2N3O2/c22-17-7-4-8-18(23)20(17)25-19(27)11-14-26-12-9-15(10-13-26)21(28)24-16-5-2-1-3-6-16/h1-8,15H,9-14H2,(H,24,28)(H,25,27). The van der Waals surface area contributed by atoms with Gasteiger partial charge in [0.25, 0.3) is 0 Å². The summed E-state index contributed by atoms with van der Waals surface area (Å²) in [7, 11) is 0. The molecule has 0 unspecified atom stereocenters. The minimum Gasteiger partial charge on any atom is -0.326 e. The van der Waals surface area contributed by atoms with E-state index in [1.807, 2.05) is 30.3 Å². The van der Waals surface area contributed by atoms with Crippen LogP contribution in [0.2, 0.25) is 10.0 Å². The van der Waals surface area contributed by atoms with Crippen LogP contribution < -0.4 is 10.6 Å². The third-order valence-corrected chi connectivity index (χ3v) is 5.51. The number of amides is 2. The molecule has 28 heavy (non-hydrogen) atoms. The van der Waals surface area contributed by atoms with Crippen LogP contribution in [0.3, 0.4) is 0 Å². The summed E-state index contributed by atoms with van der Waals surface area (Å²) in [5.74, 6) is -0.0527. The summed E-state index contributed by atoms with van der Waals surface area (Å²) in [6.45, 7) is 2.24. The van der Waals surface area contributed by atoms with Gasteiger partial charge >= 0.3 is 0 Å². The molecule has 5 nitrogen and oxygen atoms in total. The van der Waals surface area contributed by atoms with Crippen LogP contribution in [0.25, 0.3) is 0 Å². The lowest BCUT2D eigenvalue weighted by Crippen LogP contribution is -2.39. The molecule has 1 aliphatic rings. The Balaban J connectivity index is 1.41. The second-order valence-corrected chi connectivity index (χ2v) is 7.68. The van der Waals surface area contributed by atoms with Gasteiger partial charge in [-0.3, -0.25) is 9.59 Å². The molecule has 0 atom stereocenters. The number of anilines is 2. The van der Waals surface area contributed by atoms with Crippen LogP contribution in [-0.2, 0) is 9.59 Å². The van der Waals surface area contributed by atoms with Gasteiger partial charge in [-0.2, -0.15) is 0 Å². The number of rotatable bonds is 6. The summed E-state index contributed by atoms with van der Waals surface area (Å²) in [6.07, 6.45) is 1.93. The van der Waals surface area contributed by atoms with E-state index in [1.165, 1.54) is 0 Å². The third-order valence-electron chi connectivity index (χ3n) is 4.88. The van der Waals surface area contributed by atoms with Gasteiger partial charge in [0.1, 0.15) is 0 Å². The summed E-state index contributed by atoms with van der Waals surface area (Å²) in [5.41, 5.74) is 1.27. The Bertz CT molecular complexity index is 801. The van der Waals surface area contributed by atoms with Gasteiger partial charge in [-0.15, -0.1) is 0 Å². The molecule has 1 saturated heterocycles. The monoisotopic (exact) mass is 419 g/mol. The van der Waals surface area contributed by atoms with Crippen molar-refractivity contribution in [1.29, 1.82) is 0 Å². The topological polar surface area (TPSA) is 61.4 Å². The Kier molecular flexibility index (Phi) is 7.31. The molecule has 1 fully saturated rings. The van der Waals surface area contributed by atoms with E-state index in [9.17, 15) is 9.59 Å². The maximum Gasteiger partial charge on any atom is 0.227 e. The van der Waals surface area contributed by atoms with Crippen molar-refractivity contribution in [2.24, 2.45) is 5.92 Å². The first-order valence-electron chi connectivity index (χ1n) is 9.35. The molecule has 1 aliphatic heterocycles. The summed E-state index contributed by atoms with van der Waals surface area (Å²) >= 11 is 12.2. The molecule has 0 bridgehead atoms. The molecule has 2 amide bonds. The quantitative estimate of drug-likeness (QED) is 0.714. The molecule has 0 radical (unpaired) electrons. The predicted octanol–water partition coefficient (Wildman–Crippen LogP) is 4.67. The number of piperidine rings is 1. The molecule has 3 rings (SSSR count). The van der Waals surface area contributed by atoms with Crippen molar-refractivity contribution in [3.8, 4) is 0 Å². The van der Waals surface area contributed by atoms with Gasteiger partial charge in [-0.05, 0) is 50.2 Å². The lowest BCUT2D eigenvalue weighted by molar-refractivity contribution is -0.121. The molecule has 0 aliphatic carbocycles. The largest absolute Gasteiger partial charge is 0.326 e. The van der Waals surface area contributed by atoms with Crippen molar-refractivity contribution < 1.29 is 9.59 Å². The fourth-order valence-electron chi connectivity index (χ4n) is 3.26. The number of para-hydroxylation sites is 2. The predicted molar refractivity (Wildman–Crippen MR) is 114 cm³/mol. The fraction of sp³-hybridized carbons (Fsp3) is 0.333. The zero-order valence-corrected chi connectivity index (χ0v) is 17.0. The van der Waals surface area contributed by atoms with Crippen LogP contribution in [0, 0.1) is 5.92 Å². The number of carbonyl (C=O) groups excluding carboxylic acids is 2. The van der Waals surface area contributed by atoms with Crippen LogP contribution in [0.4, 0.5) is 11.4 Å². The SMILES string of the molecule is O=C(CCN1CCC(C(=O)Nc2ccccc2)CC1)Nc1c(Cl)cccc1Cl. The molecule has 7 heteroatoms. The van der Waals surface area contributed by atoms with Crippen molar-refractivity contribution in [1.82, 2.24) is 4.90 Å². The molecule has 148 valence electrons. The Hall–Kier alpha value is -2.08. The highest BCUT2D eigenvalue weighted by Crippen LogP contribution is 2.30. The highest BCUT2D eigenvalue weighted by molar-refractivity contribution is 6.39. The molecule has 0 aromatic heterocycles. The molecular formula is C21H23Cl2N3O2. The molecule has 1 heterocycles. The van der Waals surface area contributed by atoms with Crippen LogP contribution >= 0.6 is 23.2 Å². The van der Waals surface area contributed by atoms with Crippen molar-refractivity contribution in [2.75, 3.05) is 30.3 Å². The van der Waals surface area contributed by atoms with Gasteiger partial charge in [0, 0.05) is 24.6 Å². The first-order valence-corrected chi connectivity index (χ1v) is 10.1. The highest BCUT2D eigenvalue weighted by atomic mass is 35.5. The van der Waals surface area contributed by atoms with Gasteiger partial charge in [0.05, 0.1) is 15.7 Å². The van der Waals surface area contributed by atoms with E-state index in [0.29, 0.717) is 28.7 Å². The van der Waals surface area contributed by atoms with Gasteiger partial charge in [0.2, 0.25) is 11.8 Å². The maximum atomic E-state index is 12.4. The maximum absolute atomic E-state index is 12.4. The normalized spacial score (nSPS) is 15.2. The van der Waals surface area contributed by atoms with Crippen LogP contribution in [0.1, 0.15) is 19.3 Å². The number of halogens is 2. The molecule has 0 saturated carbocycles. The van der Waals surface area contributed by atoms with E-state index in [0.717, 1.165) is 31.6 Å². The van der Waals surface area contributed by atoms with Gasteiger partial charge < -0.3 is 15.5 Å². The lowest BCUT2D eigenvalue weighted by Gasteiger charge is -2.31. The van der Waals surface area contributed by atoms with Crippen LogP contribution in [-0.4, -0.2) is 36.3 Å². The Morgan fingerprint density at radius 2 is 1.57 bits per heavy atom. The zero-order valence-electron chi connectivity index (χ0n) is 15.5. The molecule has 2 aromatic rings. The molecular weight excluding hydrogens is 397 g/mol. The fourth-order valence-corrected chi connectivity index (χ4v) is 3.76. The Morgan fingerprint density at radius 3 is 2.21 bits per heavy atom. The Morgan fingerprint density at radius 1 is 0.929 bits per heavy atom. The van der Waals surface area contributed by atoms with Gasteiger partial charge in [-0.1, -0.05) is 47.5 Å². The third kappa shape index (κ3) is 5.71. The molecule has 0 spiro atoms. The number of nitrogens with zero attached hydrogens (tertiary/aromatic N) is 1. The Labute approximate surface area is 175 Å². The minimum atomic E-state index is -0.126. The van der Waals surface area contributed by atoms with Crippen molar-refractivity contribution >= 4 is 46.4 Å². The number of benzene rings is 2. The summed E-state index contributed by atoms with van der Waals surface area (Å²) in [4.78, 5) is 26.8. The first kappa shape index (κ1) is 20.6. The number of likely N-dealkylation sites (tertiary alicyclic amines) is 1. The van der Waals surface area contributed by atoms with E-state index in [2.05, 4.69) is 15.5 Å². The van der Waals surface area contributed by atoms with Crippen LogP contribution in [0.15, 0.2) is 48.5 Å². The van der Waals surface area contributed by atoms with Gasteiger partial charge in [0.15, 0.2) is 0 Å². The second-order valence-electron chi connectivity index (χ2n) is 6.87. The van der Waals surface area contributed by atoms with Crippen molar-refractivity contribution in [2.45, 2.75) is 19.3 Å². The average molecular weight is 420 g/mol. The molecule has 2 N–H and O–H groups in total. The smallest absolute Gasteiger partial charge is 0.227 e. The van der Waals surface area contributed by atoms with E-state index >= 15 is 0 Å². The number of nitrogens with one attached hydrogen (secondary N) is 2. The van der Waals surface area contributed by atoms with E-state index < -0.39 is 0 Å². The summed E-state index contributed by atoms with van der Waals surface area (Å²) in [6, 6.07) is 14.6. The van der Waals surface area contributed by atoms with Crippen molar-refractivity contribution in [3.05, 3.63) is 58.6 Å². The van der Waals surface area contributed by atoms with E-state index in [4.69, 9.17) is 23.2 Å². The van der Waals surface area contributed by atoms with Crippen LogP contribution in [0.5, 0.6) is 0 Å². The number of hydrogen-bond acceptors (Lipinski definition) is 3. The lowest BCUT2D eigenvalue weighted by atomic mass is 9.95. The number of hydrogen-bond donors (Lipinski definition) is 2. The summed E-state index contributed by atoms with van der Waals surface area (Å²) < 4.78 is 0. The first-order chi connectivity index (χ1) is 13.5. The van der Waals surface area contributed by atoms with Crippen molar-refractivity contribution in [3.63, 3.8) is 0 Å². The highest BCUT2D eigenvalue weighted by Gasteiger charge is 2.25. The zero-order chi connectivity index (χ0) is 19.9. The van der Waals surface area contributed by atoms with E-state index in [1.54, 1.807) is 18.2 Å². The second kappa shape index (κ2) is 9.92.